The van der Waals surface area contributed by atoms with Gasteiger partial charge in [0.05, 0.1) is 10.1 Å². The highest BCUT2D eigenvalue weighted by molar-refractivity contribution is 9.10. The molecule has 0 amide bonds. The molecule has 134 valence electrons. The van der Waals surface area contributed by atoms with Crippen LogP contribution in [0.1, 0.15) is 12.5 Å². The molecule has 2 aromatic carbocycles. The van der Waals surface area contributed by atoms with Gasteiger partial charge >= 0.3 is 5.97 Å². The van der Waals surface area contributed by atoms with E-state index in [9.17, 15) is 9.59 Å². The second kappa shape index (κ2) is 7.05. The highest BCUT2D eigenvalue weighted by atomic mass is 79.9. The van der Waals surface area contributed by atoms with Crippen LogP contribution in [0.2, 0.25) is 0 Å². The third kappa shape index (κ3) is 3.41. The summed E-state index contributed by atoms with van der Waals surface area (Å²) >= 11 is 4.73. The second-order valence-corrected chi connectivity index (χ2v) is 7.52. The minimum Gasteiger partial charge on any atom is -0.426 e. The number of benzene rings is 2. The SMILES string of the molecule is CC(=O)Oc1ccccc1-c1nc2s/c(=C\c3ccccc3Br)c(=O)n2n1. The van der Waals surface area contributed by atoms with Crippen molar-refractivity contribution in [1.29, 1.82) is 0 Å². The van der Waals surface area contributed by atoms with Gasteiger partial charge < -0.3 is 4.74 Å². The van der Waals surface area contributed by atoms with E-state index in [0.29, 0.717) is 26.6 Å². The number of hydrogen-bond acceptors (Lipinski definition) is 6. The first-order valence-corrected chi connectivity index (χ1v) is 9.57. The number of nitrogens with zero attached hydrogens (tertiary/aromatic N) is 3. The number of hydrogen-bond donors (Lipinski definition) is 0. The molecular weight excluding hydrogens is 430 g/mol. The molecule has 0 atom stereocenters. The van der Waals surface area contributed by atoms with Gasteiger partial charge in [0.25, 0.3) is 5.56 Å². The van der Waals surface area contributed by atoms with E-state index in [0.717, 1.165) is 10.0 Å². The average Bonchev–Trinajstić information content (AvgIpc) is 3.17. The van der Waals surface area contributed by atoms with Crippen molar-refractivity contribution in [2.24, 2.45) is 0 Å². The third-order valence-corrected chi connectivity index (χ3v) is 5.44. The molecule has 0 bridgehead atoms. The summed E-state index contributed by atoms with van der Waals surface area (Å²) < 4.78 is 7.92. The van der Waals surface area contributed by atoms with Crippen LogP contribution in [0.4, 0.5) is 0 Å². The zero-order chi connectivity index (χ0) is 19.0. The third-order valence-electron chi connectivity index (χ3n) is 3.76. The molecule has 0 fully saturated rings. The largest absolute Gasteiger partial charge is 0.426 e. The quantitative estimate of drug-likeness (QED) is 0.360. The highest BCUT2D eigenvalue weighted by Gasteiger charge is 2.16. The van der Waals surface area contributed by atoms with Crippen LogP contribution in [-0.4, -0.2) is 20.6 Å². The van der Waals surface area contributed by atoms with Gasteiger partial charge in [-0.05, 0) is 29.8 Å². The van der Waals surface area contributed by atoms with Gasteiger partial charge in [-0.15, -0.1) is 5.10 Å². The zero-order valence-corrected chi connectivity index (χ0v) is 16.5. The molecule has 0 radical (unpaired) electrons. The minimum absolute atomic E-state index is 0.241. The molecule has 0 saturated carbocycles. The number of rotatable bonds is 3. The Bertz CT molecular complexity index is 1280. The van der Waals surface area contributed by atoms with Gasteiger partial charge in [0.2, 0.25) is 4.96 Å². The Morgan fingerprint density at radius 2 is 1.93 bits per heavy atom. The summed E-state index contributed by atoms with van der Waals surface area (Å²) in [5.41, 5.74) is 1.22. The highest BCUT2D eigenvalue weighted by Crippen LogP contribution is 2.28. The molecule has 0 aliphatic heterocycles. The predicted molar refractivity (Wildman–Crippen MR) is 107 cm³/mol. The Morgan fingerprint density at radius 3 is 2.67 bits per heavy atom. The Kier molecular flexibility index (Phi) is 4.59. The van der Waals surface area contributed by atoms with Gasteiger partial charge in [-0.25, -0.2) is 0 Å². The van der Waals surface area contributed by atoms with E-state index in [1.165, 1.54) is 22.8 Å². The first-order chi connectivity index (χ1) is 13.0. The van der Waals surface area contributed by atoms with Crippen molar-refractivity contribution in [2.45, 2.75) is 6.92 Å². The first-order valence-electron chi connectivity index (χ1n) is 7.96. The van der Waals surface area contributed by atoms with Gasteiger partial charge in [0.15, 0.2) is 5.82 Å². The molecular formula is C19H12BrN3O3S. The van der Waals surface area contributed by atoms with Crippen molar-refractivity contribution in [3.63, 3.8) is 0 Å². The number of fused-ring (bicyclic) bond motifs is 1. The summed E-state index contributed by atoms with van der Waals surface area (Å²) in [6.07, 6.45) is 1.81. The molecule has 0 N–H and O–H groups in total. The van der Waals surface area contributed by atoms with Gasteiger partial charge in [-0.1, -0.05) is 57.6 Å². The number of para-hydroxylation sites is 1. The summed E-state index contributed by atoms with van der Waals surface area (Å²) in [5, 5.41) is 4.32. The summed E-state index contributed by atoms with van der Waals surface area (Å²) in [5.74, 6) is 0.261. The predicted octanol–water partition coefficient (Wildman–Crippen LogP) is 3.05. The van der Waals surface area contributed by atoms with E-state index in [4.69, 9.17) is 4.74 Å². The molecule has 0 aliphatic rings. The molecule has 2 aromatic heterocycles. The number of aromatic nitrogens is 3. The maximum absolute atomic E-state index is 12.7. The van der Waals surface area contributed by atoms with Crippen molar-refractivity contribution >= 4 is 44.3 Å². The van der Waals surface area contributed by atoms with Gasteiger partial charge in [0, 0.05) is 11.4 Å². The number of halogens is 1. The second-order valence-electron chi connectivity index (χ2n) is 5.66. The summed E-state index contributed by atoms with van der Waals surface area (Å²) in [6, 6.07) is 14.6. The van der Waals surface area contributed by atoms with Crippen LogP contribution in [0.3, 0.4) is 0 Å². The van der Waals surface area contributed by atoms with E-state index in [1.807, 2.05) is 24.3 Å². The molecule has 4 aromatic rings. The fraction of sp³-hybridized carbons (Fsp3) is 0.0526. The fourth-order valence-corrected chi connectivity index (χ4v) is 3.87. The Balaban J connectivity index is 1.82. The van der Waals surface area contributed by atoms with Crippen molar-refractivity contribution in [3.8, 4) is 17.1 Å². The maximum atomic E-state index is 12.7. The monoisotopic (exact) mass is 441 g/mol. The number of thiazole rings is 1. The topological polar surface area (TPSA) is 73.6 Å². The van der Waals surface area contributed by atoms with Crippen molar-refractivity contribution in [1.82, 2.24) is 14.6 Å². The molecule has 8 heteroatoms. The van der Waals surface area contributed by atoms with Crippen LogP contribution in [0.25, 0.3) is 22.4 Å². The van der Waals surface area contributed by atoms with Crippen LogP contribution >= 0.6 is 27.3 Å². The average molecular weight is 442 g/mol. The van der Waals surface area contributed by atoms with Crippen LogP contribution in [0.5, 0.6) is 5.75 Å². The van der Waals surface area contributed by atoms with E-state index >= 15 is 0 Å². The lowest BCUT2D eigenvalue weighted by Gasteiger charge is -2.04. The molecule has 2 heterocycles. The smallest absolute Gasteiger partial charge is 0.308 e. The van der Waals surface area contributed by atoms with Gasteiger partial charge in [0.1, 0.15) is 5.75 Å². The molecule has 0 spiro atoms. The van der Waals surface area contributed by atoms with Crippen LogP contribution in [0, 0.1) is 0 Å². The summed E-state index contributed by atoms with van der Waals surface area (Å²) in [4.78, 5) is 28.9. The number of carbonyl (C=O) groups excluding carboxylic acids is 1. The lowest BCUT2D eigenvalue weighted by Crippen LogP contribution is -2.23. The normalized spacial score (nSPS) is 11.9. The van der Waals surface area contributed by atoms with E-state index < -0.39 is 5.97 Å². The number of carbonyl (C=O) groups is 1. The van der Waals surface area contributed by atoms with E-state index in [2.05, 4.69) is 26.0 Å². The maximum Gasteiger partial charge on any atom is 0.308 e. The van der Waals surface area contributed by atoms with Crippen LogP contribution in [0.15, 0.2) is 57.8 Å². The van der Waals surface area contributed by atoms with Crippen LogP contribution in [-0.2, 0) is 4.79 Å². The number of esters is 1. The van der Waals surface area contributed by atoms with Gasteiger partial charge in [-0.3, -0.25) is 9.59 Å². The Morgan fingerprint density at radius 1 is 1.19 bits per heavy atom. The van der Waals surface area contributed by atoms with Gasteiger partial charge in [-0.2, -0.15) is 9.50 Å². The minimum atomic E-state index is -0.432. The van der Waals surface area contributed by atoms with Crippen molar-refractivity contribution in [3.05, 3.63) is 73.5 Å². The van der Waals surface area contributed by atoms with E-state index in [-0.39, 0.29) is 5.56 Å². The first kappa shape index (κ1) is 17.6. The summed E-state index contributed by atoms with van der Waals surface area (Å²) in [7, 11) is 0. The lowest BCUT2D eigenvalue weighted by atomic mass is 10.2. The number of ether oxygens (including phenoxy) is 1. The van der Waals surface area contributed by atoms with Crippen molar-refractivity contribution < 1.29 is 9.53 Å². The molecule has 27 heavy (non-hydrogen) atoms. The Hall–Kier alpha value is -2.84. The molecule has 4 rings (SSSR count). The molecule has 6 nitrogen and oxygen atoms in total. The molecule has 0 aliphatic carbocycles. The standard InChI is InChI=1S/C19H12BrN3O3S/c1-11(24)26-15-9-5-3-7-13(15)17-21-19-23(22-17)18(25)16(27-19)10-12-6-2-4-8-14(12)20/h2-10H,1H3/b16-10-. The zero-order valence-electron chi connectivity index (χ0n) is 14.0. The molecule has 0 unspecified atom stereocenters. The summed E-state index contributed by atoms with van der Waals surface area (Å²) in [6.45, 7) is 1.33. The van der Waals surface area contributed by atoms with Crippen LogP contribution < -0.4 is 14.8 Å². The molecule has 0 saturated heterocycles. The lowest BCUT2D eigenvalue weighted by molar-refractivity contribution is -0.131. The Labute approximate surface area is 165 Å². The van der Waals surface area contributed by atoms with E-state index in [1.54, 1.807) is 30.3 Å². The fourth-order valence-electron chi connectivity index (χ4n) is 2.58. The van der Waals surface area contributed by atoms with Crippen molar-refractivity contribution in [2.75, 3.05) is 0 Å².